The molecule has 1 rings (SSSR count). The van der Waals surface area contributed by atoms with E-state index in [1.54, 1.807) is 19.1 Å². The number of sulfonamides is 1. The Balaban J connectivity index is 3.26. The molecule has 0 aromatic heterocycles. The lowest BCUT2D eigenvalue weighted by atomic mass is 10.1. The van der Waals surface area contributed by atoms with Crippen LogP contribution in [0.5, 0.6) is 5.75 Å². The van der Waals surface area contributed by atoms with Crippen LogP contribution in [0.4, 0.5) is 0 Å². The maximum absolute atomic E-state index is 12.5. The van der Waals surface area contributed by atoms with Crippen LogP contribution in [0.2, 0.25) is 0 Å². The first-order valence-electron chi connectivity index (χ1n) is 6.21. The van der Waals surface area contributed by atoms with Crippen molar-refractivity contribution in [1.29, 1.82) is 0 Å². The molecule has 0 atom stereocenters. The molecule has 0 aliphatic rings. The first kappa shape index (κ1) is 16.7. The number of ether oxygens (including phenoxy) is 1. The van der Waals surface area contributed by atoms with Crippen LogP contribution in [-0.2, 0) is 16.4 Å². The molecule has 1 N–H and O–H groups in total. The van der Waals surface area contributed by atoms with Gasteiger partial charge in [0.05, 0.1) is 12.0 Å². The van der Waals surface area contributed by atoms with E-state index >= 15 is 0 Å². The van der Waals surface area contributed by atoms with E-state index < -0.39 is 10.0 Å². The zero-order chi connectivity index (χ0) is 15.3. The minimum Gasteiger partial charge on any atom is -0.497 e. The molecule has 0 saturated carbocycles. The van der Waals surface area contributed by atoms with Crippen LogP contribution in [0.25, 0.3) is 0 Å². The first-order chi connectivity index (χ1) is 9.32. The highest BCUT2D eigenvalue weighted by Gasteiger charge is 2.24. The zero-order valence-corrected chi connectivity index (χ0v) is 12.9. The molecule has 6 heteroatoms. The molecule has 0 fully saturated rings. The number of rotatable bonds is 7. The molecule has 112 valence electrons. The molecule has 0 aliphatic heterocycles. The Kier molecular flexibility index (Phi) is 5.74. The van der Waals surface area contributed by atoms with E-state index in [1.807, 2.05) is 0 Å². The van der Waals surface area contributed by atoms with Gasteiger partial charge < -0.3 is 9.84 Å². The molecule has 1 aromatic carbocycles. The van der Waals surface area contributed by atoms with Crippen molar-refractivity contribution < 1.29 is 18.3 Å². The lowest BCUT2D eigenvalue weighted by Crippen LogP contribution is -2.29. The summed E-state index contributed by atoms with van der Waals surface area (Å²) < 4.78 is 31.4. The summed E-state index contributed by atoms with van der Waals surface area (Å²) in [6, 6.07) is 4.74. The van der Waals surface area contributed by atoms with Crippen molar-refractivity contribution in [3.8, 4) is 5.75 Å². The van der Waals surface area contributed by atoms with Gasteiger partial charge in [-0.1, -0.05) is 12.2 Å². The summed E-state index contributed by atoms with van der Waals surface area (Å²) in [5.41, 5.74) is 1.30. The largest absolute Gasteiger partial charge is 0.497 e. The van der Waals surface area contributed by atoms with Gasteiger partial charge in [0.15, 0.2) is 0 Å². The summed E-state index contributed by atoms with van der Waals surface area (Å²) in [5.74, 6) is 0.565. The van der Waals surface area contributed by atoms with Crippen molar-refractivity contribution in [1.82, 2.24) is 4.31 Å². The second-order valence-corrected chi connectivity index (χ2v) is 6.68. The van der Waals surface area contributed by atoms with Crippen molar-refractivity contribution in [3.05, 3.63) is 35.9 Å². The lowest BCUT2D eigenvalue weighted by molar-refractivity contribution is 0.298. The minimum absolute atomic E-state index is 0.125. The zero-order valence-electron chi connectivity index (χ0n) is 12.1. The van der Waals surface area contributed by atoms with Gasteiger partial charge in [-0.2, -0.15) is 4.31 Å². The Labute approximate surface area is 120 Å². The predicted molar refractivity (Wildman–Crippen MR) is 78.4 cm³/mol. The van der Waals surface area contributed by atoms with Crippen LogP contribution in [0.15, 0.2) is 35.2 Å². The second-order valence-electron chi connectivity index (χ2n) is 4.67. The molecule has 5 nitrogen and oxygen atoms in total. The van der Waals surface area contributed by atoms with Gasteiger partial charge in [-0.15, -0.1) is 0 Å². The second kappa shape index (κ2) is 6.88. The molecule has 0 aliphatic carbocycles. The number of aliphatic hydroxyl groups is 1. The average Bonchev–Trinajstić information content (AvgIpc) is 2.37. The topological polar surface area (TPSA) is 66.8 Å². The highest BCUT2D eigenvalue weighted by Crippen LogP contribution is 2.25. The van der Waals surface area contributed by atoms with Crippen molar-refractivity contribution in [2.75, 3.05) is 27.3 Å². The van der Waals surface area contributed by atoms with E-state index in [2.05, 4.69) is 6.58 Å². The fourth-order valence-corrected chi connectivity index (χ4v) is 3.34. The van der Waals surface area contributed by atoms with E-state index in [0.29, 0.717) is 11.3 Å². The van der Waals surface area contributed by atoms with E-state index in [0.717, 1.165) is 5.57 Å². The smallest absolute Gasteiger partial charge is 0.243 e. The normalized spacial score (nSPS) is 11.7. The summed E-state index contributed by atoms with van der Waals surface area (Å²) >= 11 is 0. The summed E-state index contributed by atoms with van der Waals surface area (Å²) in [5, 5.41) is 9.09. The fourth-order valence-electron chi connectivity index (χ4n) is 1.88. The van der Waals surface area contributed by atoms with Crippen LogP contribution < -0.4 is 4.74 Å². The number of methoxy groups -OCH3 is 1. The van der Waals surface area contributed by atoms with E-state index in [1.165, 1.54) is 24.5 Å². The van der Waals surface area contributed by atoms with Crippen LogP contribution >= 0.6 is 0 Å². The van der Waals surface area contributed by atoms with Gasteiger partial charge in [0.1, 0.15) is 5.75 Å². The summed E-state index contributed by atoms with van der Waals surface area (Å²) in [4.78, 5) is 0.191. The van der Waals surface area contributed by atoms with Gasteiger partial charge in [-0.05, 0) is 37.1 Å². The van der Waals surface area contributed by atoms with Crippen LogP contribution in [0.3, 0.4) is 0 Å². The van der Waals surface area contributed by atoms with Crippen molar-refractivity contribution in [3.63, 3.8) is 0 Å². The average molecular weight is 299 g/mol. The van der Waals surface area contributed by atoms with Gasteiger partial charge in [0.2, 0.25) is 10.0 Å². The summed E-state index contributed by atoms with van der Waals surface area (Å²) in [6.07, 6.45) is 0.257. The molecule has 0 bridgehead atoms. The Hall–Kier alpha value is -1.37. The number of aliphatic hydroxyl groups excluding tert-OH is 1. The van der Waals surface area contributed by atoms with E-state index in [-0.39, 0.29) is 24.5 Å². The molecule has 0 saturated heterocycles. The van der Waals surface area contributed by atoms with Gasteiger partial charge >= 0.3 is 0 Å². The van der Waals surface area contributed by atoms with Crippen LogP contribution in [-0.4, -0.2) is 45.1 Å². The lowest BCUT2D eigenvalue weighted by Gasteiger charge is -2.19. The molecule has 0 heterocycles. The number of hydrogen-bond acceptors (Lipinski definition) is 4. The number of benzene rings is 1. The highest BCUT2D eigenvalue weighted by molar-refractivity contribution is 7.89. The predicted octanol–water partition coefficient (Wildman–Crippen LogP) is 1.43. The number of hydrogen-bond donors (Lipinski definition) is 1. The van der Waals surface area contributed by atoms with Crippen LogP contribution in [0, 0.1) is 0 Å². The van der Waals surface area contributed by atoms with Gasteiger partial charge in [-0.3, -0.25) is 0 Å². The molecule has 1 aromatic rings. The minimum atomic E-state index is -3.61. The number of nitrogens with zero attached hydrogens (tertiary/aromatic N) is 1. The van der Waals surface area contributed by atoms with Gasteiger partial charge in [-0.25, -0.2) is 8.42 Å². The summed E-state index contributed by atoms with van der Waals surface area (Å²) in [7, 11) is -0.582. The molecule has 0 unspecified atom stereocenters. The third-order valence-corrected chi connectivity index (χ3v) is 4.73. The molecule has 0 spiro atoms. The highest BCUT2D eigenvalue weighted by atomic mass is 32.2. The third kappa shape index (κ3) is 3.82. The van der Waals surface area contributed by atoms with Gasteiger partial charge in [0, 0.05) is 20.2 Å². The SMILES string of the molecule is C=C(C)CN(C)S(=O)(=O)c1ccc(OC)cc1CCO. The quantitative estimate of drug-likeness (QED) is 0.773. The number of likely N-dealkylation sites (N-methyl/N-ethyl adjacent to an activating group) is 1. The fraction of sp³-hybridized carbons (Fsp3) is 0.429. The Morgan fingerprint density at radius 1 is 1.45 bits per heavy atom. The Morgan fingerprint density at radius 3 is 2.60 bits per heavy atom. The molecule has 0 amide bonds. The molecule has 20 heavy (non-hydrogen) atoms. The van der Waals surface area contributed by atoms with Gasteiger partial charge in [0.25, 0.3) is 0 Å². The standard InChI is InChI=1S/C14H21NO4S/c1-11(2)10-15(3)20(17,18)14-6-5-13(19-4)9-12(14)7-8-16/h5-6,9,16H,1,7-8,10H2,2-4H3. The van der Waals surface area contributed by atoms with Crippen molar-refractivity contribution >= 4 is 10.0 Å². The third-order valence-electron chi connectivity index (χ3n) is 2.83. The summed E-state index contributed by atoms with van der Waals surface area (Å²) in [6.45, 7) is 5.63. The Bertz CT molecular complexity index is 581. The first-order valence-corrected chi connectivity index (χ1v) is 7.65. The molecule has 0 radical (unpaired) electrons. The maximum atomic E-state index is 12.5. The Morgan fingerprint density at radius 2 is 2.10 bits per heavy atom. The maximum Gasteiger partial charge on any atom is 0.243 e. The molecular formula is C14H21NO4S. The van der Waals surface area contributed by atoms with E-state index in [4.69, 9.17) is 9.84 Å². The van der Waals surface area contributed by atoms with Crippen molar-refractivity contribution in [2.45, 2.75) is 18.2 Å². The van der Waals surface area contributed by atoms with Crippen molar-refractivity contribution in [2.24, 2.45) is 0 Å². The molecular weight excluding hydrogens is 278 g/mol. The monoisotopic (exact) mass is 299 g/mol. The van der Waals surface area contributed by atoms with Crippen LogP contribution in [0.1, 0.15) is 12.5 Å². The van der Waals surface area contributed by atoms with E-state index in [9.17, 15) is 8.42 Å².